The quantitative estimate of drug-likeness (QED) is 0.634. The maximum Gasteiger partial charge on any atom is 0.0177 e. The number of rotatable bonds is 2. The Morgan fingerprint density at radius 2 is 1.84 bits per heavy atom. The maximum atomic E-state index is 3.90. The molecule has 0 aromatic heterocycles. The van der Waals surface area contributed by atoms with Crippen LogP contribution in [0.3, 0.4) is 0 Å². The summed E-state index contributed by atoms with van der Waals surface area (Å²) >= 11 is 3.90. The molecular formula is C18H21Br. The van der Waals surface area contributed by atoms with Crippen LogP contribution in [-0.4, -0.2) is 4.83 Å². The summed E-state index contributed by atoms with van der Waals surface area (Å²) in [6.45, 7) is 2.40. The molecule has 3 atom stereocenters. The number of benzene rings is 2. The predicted octanol–water partition coefficient (Wildman–Crippen LogP) is 5.58. The first-order chi connectivity index (χ1) is 9.24. The Morgan fingerprint density at radius 3 is 2.74 bits per heavy atom. The lowest BCUT2D eigenvalue weighted by atomic mass is 9.79. The van der Waals surface area contributed by atoms with E-state index in [1.165, 1.54) is 42.0 Å². The first-order valence-electron chi connectivity index (χ1n) is 7.35. The number of fused-ring (bicyclic) bond motifs is 1. The second-order valence-electron chi connectivity index (χ2n) is 6.04. The molecular weight excluding hydrogens is 296 g/mol. The van der Waals surface area contributed by atoms with Crippen LogP contribution in [0.25, 0.3) is 10.8 Å². The molecule has 1 aliphatic rings. The summed E-state index contributed by atoms with van der Waals surface area (Å²) in [5, 5.41) is 2.80. The summed E-state index contributed by atoms with van der Waals surface area (Å²) in [5.74, 6) is 1.67. The van der Waals surface area contributed by atoms with Crippen LogP contribution in [0.1, 0.15) is 31.7 Å². The summed E-state index contributed by atoms with van der Waals surface area (Å²) in [5.41, 5.74) is 1.52. The molecule has 2 aromatic rings. The zero-order valence-corrected chi connectivity index (χ0v) is 13.1. The third-order valence-electron chi connectivity index (χ3n) is 4.51. The molecule has 2 aromatic carbocycles. The topological polar surface area (TPSA) is 0 Å². The van der Waals surface area contributed by atoms with Gasteiger partial charge in [0.05, 0.1) is 0 Å². The van der Waals surface area contributed by atoms with Gasteiger partial charge in [0.15, 0.2) is 0 Å². The van der Waals surface area contributed by atoms with Gasteiger partial charge in [0.25, 0.3) is 0 Å². The van der Waals surface area contributed by atoms with Gasteiger partial charge in [-0.3, -0.25) is 0 Å². The SMILES string of the molecule is CC1CCC(Br)C(Cc2cccc3ccccc23)C1. The Bertz CT molecular complexity index is 555. The number of hydrogen-bond acceptors (Lipinski definition) is 0. The van der Waals surface area contributed by atoms with Gasteiger partial charge < -0.3 is 0 Å². The van der Waals surface area contributed by atoms with E-state index >= 15 is 0 Å². The fourth-order valence-corrected chi connectivity index (χ4v) is 4.09. The molecule has 0 nitrogen and oxygen atoms in total. The van der Waals surface area contributed by atoms with Crippen LogP contribution in [-0.2, 0) is 6.42 Å². The van der Waals surface area contributed by atoms with Crippen molar-refractivity contribution in [2.75, 3.05) is 0 Å². The largest absolute Gasteiger partial charge is 0.0888 e. The maximum absolute atomic E-state index is 3.90. The van der Waals surface area contributed by atoms with E-state index in [1.54, 1.807) is 0 Å². The van der Waals surface area contributed by atoms with Gasteiger partial charge in [-0.1, -0.05) is 65.3 Å². The molecule has 0 N–H and O–H groups in total. The first kappa shape index (κ1) is 13.2. The van der Waals surface area contributed by atoms with Gasteiger partial charge in [-0.2, -0.15) is 0 Å². The minimum Gasteiger partial charge on any atom is -0.0888 e. The number of alkyl halides is 1. The molecule has 0 amide bonds. The van der Waals surface area contributed by atoms with Gasteiger partial charge in [-0.15, -0.1) is 0 Å². The Hall–Kier alpha value is -0.820. The van der Waals surface area contributed by atoms with Crippen LogP contribution in [0.15, 0.2) is 42.5 Å². The number of halogens is 1. The molecule has 1 fully saturated rings. The van der Waals surface area contributed by atoms with Gasteiger partial charge >= 0.3 is 0 Å². The van der Waals surface area contributed by atoms with Crippen LogP contribution >= 0.6 is 15.9 Å². The molecule has 0 heterocycles. The molecule has 100 valence electrons. The highest BCUT2D eigenvalue weighted by molar-refractivity contribution is 9.09. The summed E-state index contributed by atoms with van der Waals surface area (Å²) in [4.78, 5) is 0.697. The summed E-state index contributed by atoms with van der Waals surface area (Å²) in [6, 6.07) is 15.5. The van der Waals surface area contributed by atoms with Crippen molar-refractivity contribution in [3.05, 3.63) is 48.0 Å². The molecule has 1 heteroatoms. The lowest BCUT2D eigenvalue weighted by molar-refractivity contribution is 0.294. The van der Waals surface area contributed by atoms with E-state index in [1.807, 2.05) is 0 Å². The van der Waals surface area contributed by atoms with Crippen molar-refractivity contribution in [3.63, 3.8) is 0 Å². The van der Waals surface area contributed by atoms with E-state index in [4.69, 9.17) is 0 Å². The fraction of sp³-hybridized carbons (Fsp3) is 0.444. The highest BCUT2D eigenvalue weighted by Crippen LogP contribution is 2.36. The molecule has 0 radical (unpaired) electrons. The number of hydrogen-bond donors (Lipinski definition) is 0. The Kier molecular flexibility index (Phi) is 3.93. The predicted molar refractivity (Wildman–Crippen MR) is 86.9 cm³/mol. The minimum atomic E-state index is 0.697. The van der Waals surface area contributed by atoms with Gasteiger partial charge in [-0.25, -0.2) is 0 Å². The molecule has 3 rings (SSSR count). The Balaban J connectivity index is 1.88. The Morgan fingerprint density at radius 1 is 1.05 bits per heavy atom. The third kappa shape index (κ3) is 2.86. The van der Waals surface area contributed by atoms with E-state index in [2.05, 4.69) is 65.3 Å². The van der Waals surface area contributed by atoms with Crippen LogP contribution in [0.2, 0.25) is 0 Å². The standard InChI is InChI=1S/C18H21Br/c1-13-9-10-18(19)16(11-13)12-15-7-4-6-14-5-2-3-8-17(14)15/h2-8,13,16,18H,9-12H2,1H3. The van der Waals surface area contributed by atoms with E-state index in [0.29, 0.717) is 4.83 Å². The minimum absolute atomic E-state index is 0.697. The molecule has 0 saturated heterocycles. The second-order valence-corrected chi connectivity index (χ2v) is 7.21. The van der Waals surface area contributed by atoms with Crippen LogP contribution < -0.4 is 0 Å². The van der Waals surface area contributed by atoms with E-state index in [0.717, 1.165) is 11.8 Å². The smallest absolute Gasteiger partial charge is 0.0177 e. The van der Waals surface area contributed by atoms with Crippen molar-refractivity contribution in [2.24, 2.45) is 11.8 Å². The van der Waals surface area contributed by atoms with Gasteiger partial charge in [0, 0.05) is 4.83 Å². The van der Waals surface area contributed by atoms with E-state index < -0.39 is 0 Å². The summed E-state index contributed by atoms with van der Waals surface area (Å²) < 4.78 is 0. The molecule has 0 bridgehead atoms. The van der Waals surface area contributed by atoms with Gasteiger partial charge in [-0.05, 0) is 53.9 Å². The van der Waals surface area contributed by atoms with Crippen molar-refractivity contribution < 1.29 is 0 Å². The molecule has 1 aliphatic carbocycles. The van der Waals surface area contributed by atoms with Crippen molar-refractivity contribution in [1.29, 1.82) is 0 Å². The van der Waals surface area contributed by atoms with Gasteiger partial charge in [0.1, 0.15) is 0 Å². The molecule has 1 saturated carbocycles. The van der Waals surface area contributed by atoms with E-state index in [9.17, 15) is 0 Å². The Labute approximate surface area is 124 Å². The average Bonchev–Trinajstić information content (AvgIpc) is 2.43. The average molecular weight is 317 g/mol. The molecule has 0 aliphatic heterocycles. The van der Waals surface area contributed by atoms with Crippen LogP contribution in [0.4, 0.5) is 0 Å². The zero-order chi connectivity index (χ0) is 13.2. The summed E-state index contributed by atoms with van der Waals surface area (Å²) in [6.07, 6.45) is 5.28. The zero-order valence-electron chi connectivity index (χ0n) is 11.5. The van der Waals surface area contributed by atoms with Crippen molar-refractivity contribution >= 4 is 26.7 Å². The lowest BCUT2D eigenvalue weighted by Gasteiger charge is -2.31. The third-order valence-corrected chi connectivity index (χ3v) is 5.72. The highest BCUT2D eigenvalue weighted by atomic mass is 79.9. The van der Waals surface area contributed by atoms with Crippen LogP contribution in [0, 0.1) is 11.8 Å². The first-order valence-corrected chi connectivity index (χ1v) is 8.26. The van der Waals surface area contributed by atoms with Crippen molar-refractivity contribution in [2.45, 2.75) is 37.4 Å². The van der Waals surface area contributed by atoms with Gasteiger partial charge in [0.2, 0.25) is 0 Å². The van der Waals surface area contributed by atoms with Crippen molar-refractivity contribution in [3.8, 4) is 0 Å². The second kappa shape index (κ2) is 5.66. The van der Waals surface area contributed by atoms with Crippen molar-refractivity contribution in [1.82, 2.24) is 0 Å². The fourth-order valence-electron chi connectivity index (χ4n) is 3.43. The lowest BCUT2D eigenvalue weighted by Crippen LogP contribution is -2.25. The molecule has 0 spiro atoms. The van der Waals surface area contributed by atoms with Crippen LogP contribution in [0.5, 0.6) is 0 Å². The van der Waals surface area contributed by atoms with E-state index in [-0.39, 0.29) is 0 Å². The normalized spacial score (nSPS) is 27.6. The monoisotopic (exact) mass is 316 g/mol. The molecule has 19 heavy (non-hydrogen) atoms. The highest BCUT2D eigenvalue weighted by Gasteiger charge is 2.27. The summed E-state index contributed by atoms with van der Waals surface area (Å²) in [7, 11) is 0. The molecule has 3 unspecified atom stereocenters.